The molecule has 1 aliphatic rings. The summed E-state index contributed by atoms with van der Waals surface area (Å²) in [5, 5.41) is 2.69. The van der Waals surface area contributed by atoms with Crippen LogP contribution in [0.15, 0.2) is 30.3 Å². The van der Waals surface area contributed by atoms with Gasteiger partial charge < -0.3 is 5.32 Å². The summed E-state index contributed by atoms with van der Waals surface area (Å²) >= 11 is 5.91. The molecule has 132 valence electrons. The summed E-state index contributed by atoms with van der Waals surface area (Å²) in [6.07, 6.45) is 0. The van der Waals surface area contributed by atoms with Gasteiger partial charge in [0.1, 0.15) is 5.82 Å². The molecular formula is C16H15ClFN3O3S. The minimum absolute atomic E-state index is 0.00394. The fourth-order valence-corrected chi connectivity index (χ4v) is 4.03. The number of carbonyl (C=O) groups excluding carboxylic acids is 1. The van der Waals surface area contributed by atoms with Crippen LogP contribution in [0.25, 0.3) is 0 Å². The molecular weight excluding hydrogens is 369 g/mol. The maximum absolute atomic E-state index is 13.1. The third-order valence-corrected chi connectivity index (χ3v) is 6.21. The number of hydrogen-bond donors (Lipinski definition) is 1. The van der Waals surface area contributed by atoms with Crippen molar-refractivity contribution >= 4 is 44.8 Å². The Kier molecular flexibility index (Phi) is 4.12. The van der Waals surface area contributed by atoms with Gasteiger partial charge in [0.15, 0.2) is 0 Å². The summed E-state index contributed by atoms with van der Waals surface area (Å²) < 4.78 is 39.8. The molecule has 0 saturated carbocycles. The molecule has 9 heteroatoms. The minimum Gasteiger partial charge on any atom is -0.322 e. The fraction of sp³-hybridized carbons (Fsp3) is 0.188. The molecule has 3 rings (SSSR count). The lowest BCUT2D eigenvalue weighted by Crippen LogP contribution is -2.32. The Morgan fingerprint density at radius 2 is 1.72 bits per heavy atom. The molecule has 1 heterocycles. The van der Waals surface area contributed by atoms with E-state index in [1.54, 1.807) is 19.1 Å². The highest BCUT2D eigenvalue weighted by atomic mass is 35.5. The first-order valence-corrected chi connectivity index (χ1v) is 9.04. The number of halogens is 2. The number of rotatable bonds is 2. The van der Waals surface area contributed by atoms with Gasteiger partial charge in [-0.1, -0.05) is 11.6 Å². The van der Waals surface area contributed by atoms with Crippen LogP contribution >= 0.6 is 11.6 Å². The van der Waals surface area contributed by atoms with Gasteiger partial charge in [0.05, 0.1) is 22.0 Å². The Balaban J connectivity index is 1.98. The third-order valence-electron chi connectivity index (χ3n) is 4.12. The molecule has 1 N–H and O–H groups in total. The highest BCUT2D eigenvalue weighted by Crippen LogP contribution is 2.42. The second-order valence-corrected chi connectivity index (χ2v) is 8.08. The molecule has 6 nitrogen and oxygen atoms in total. The van der Waals surface area contributed by atoms with E-state index in [0.29, 0.717) is 22.6 Å². The number of aryl methyl sites for hydroxylation is 1. The maximum atomic E-state index is 13.1. The molecule has 1 amide bonds. The summed E-state index contributed by atoms with van der Waals surface area (Å²) in [4.78, 5) is 12.4. The lowest BCUT2D eigenvalue weighted by atomic mass is 10.1. The summed E-state index contributed by atoms with van der Waals surface area (Å²) in [5.74, 6) is -1.05. The summed E-state index contributed by atoms with van der Waals surface area (Å²) in [5.41, 5.74) is 2.23. The zero-order valence-corrected chi connectivity index (χ0v) is 15.2. The average molecular weight is 384 g/mol. The lowest BCUT2D eigenvalue weighted by molar-refractivity contribution is 0.102. The van der Waals surface area contributed by atoms with Gasteiger partial charge in [-0.05, 0) is 42.8 Å². The van der Waals surface area contributed by atoms with Crippen LogP contribution in [0.4, 0.5) is 21.5 Å². The van der Waals surface area contributed by atoms with E-state index in [2.05, 4.69) is 5.32 Å². The van der Waals surface area contributed by atoms with Crippen LogP contribution in [0.5, 0.6) is 0 Å². The Labute approximate surface area is 150 Å². The van der Waals surface area contributed by atoms with Crippen LogP contribution in [0, 0.1) is 12.7 Å². The maximum Gasteiger partial charge on any atom is 0.326 e. The van der Waals surface area contributed by atoms with E-state index in [4.69, 9.17) is 11.6 Å². The Morgan fingerprint density at radius 3 is 2.32 bits per heavy atom. The number of carbonyl (C=O) groups is 1. The van der Waals surface area contributed by atoms with E-state index in [0.717, 1.165) is 16.4 Å². The highest BCUT2D eigenvalue weighted by Gasteiger charge is 2.36. The molecule has 25 heavy (non-hydrogen) atoms. The molecule has 0 radical (unpaired) electrons. The zero-order valence-electron chi connectivity index (χ0n) is 13.7. The molecule has 1 aliphatic heterocycles. The average Bonchev–Trinajstić information content (AvgIpc) is 2.69. The summed E-state index contributed by atoms with van der Waals surface area (Å²) in [6.45, 7) is 1.75. The van der Waals surface area contributed by atoms with Crippen molar-refractivity contribution < 1.29 is 17.6 Å². The van der Waals surface area contributed by atoms with Crippen LogP contribution in [-0.2, 0) is 10.2 Å². The van der Waals surface area contributed by atoms with Crippen LogP contribution < -0.4 is 13.9 Å². The molecule has 2 aromatic carbocycles. The fourth-order valence-electron chi connectivity index (χ4n) is 2.62. The monoisotopic (exact) mass is 383 g/mol. The summed E-state index contributed by atoms with van der Waals surface area (Å²) in [7, 11) is -0.691. The number of fused-ring (bicyclic) bond motifs is 1. The SMILES string of the molecule is Cc1cc2c(cc1NC(=O)c1ccc(F)cc1Cl)N(C)S(=O)(=O)N2C. The van der Waals surface area contributed by atoms with E-state index in [9.17, 15) is 17.6 Å². The second-order valence-electron chi connectivity index (χ2n) is 5.68. The quantitative estimate of drug-likeness (QED) is 0.865. The number of nitrogens with zero attached hydrogens (tertiary/aromatic N) is 2. The summed E-state index contributed by atoms with van der Waals surface area (Å²) in [6, 6.07) is 6.76. The van der Waals surface area contributed by atoms with Gasteiger partial charge in [0.25, 0.3) is 5.91 Å². The predicted octanol–water partition coefficient (Wildman–Crippen LogP) is 3.17. The third kappa shape index (κ3) is 2.81. The zero-order chi connectivity index (χ0) is 18.5. The van der Waals surface area contributed by atoms with Crippen molar-refractivity contribution in [3.8, 4) is 0 Å². The lowest BCUT2D eigenvalue weighted by Gasteiger charge is -2.13. The number of benzene rings is 2. The molecule has 0 fully saturated rings. The molecule has 2 aromatic rings. The number of amides is 1. The van der Waals surface area contributed by atoms with Crippen LogP contribution in [0.3, 0.4) is 0 Å². The molecule has 0 aromatic heterocycles. The standard InChI is InChI=1S/C16H15ClFN3O3S/c1-9-6-14-15(21(3)25(23,24)20(14)2)8-13(9)19-16(22)11-5-4-10(18)7-12(11)17/h4-8H,1-3H3,(H,19,22). The van der Waals surface area contributed by atoms with Gasteiger partial charge in [0.2, 0.25) is 0 Å². The van der Waals surface area contributed by atoms with Crippen molar-refractivity contribution in [2.24, 2.45) is 0 Å². The molecule has 0 aliphatic carbocycles. The number of nitrogens with one attached hydrogen (secondary N) is 1. The smallest absolute Gasteiger partial charge is 0.322 e. The van der Waals surface area contributed by atoms with Gasteiger partial charge in [-0.25, -0.2) is 4.39 Å². The largest absolute Gasteiger partial charge is 0.326 e. The van der Waals surface area contributed by atoms with E-state index < -0.39 is 21.9 Å². The van der Waals surface area contributed by atoms with Gasteiger partial charge in [-0.15, -0.1) is 0 Å². The van der Waals surface area contributed by atoms with E-state index in [1.165, 1.54) is 24.5 Å². The molecule has 0 bridgehead atoms. The van der Waals surface area contributed by atoms with Crippen LogP contribution in [0.1, 0.15) is 15.9 Å². The van der Waals surface area contributed by atoms with Gasteiger partial charge in [0, 0.05) is 19.8 Å². The minimum atomic E-state index is -3.60. The van der Waals surface area contributed by atoms with E-state index in [1.807, 2.05) is 0 Å². The van der Waals surface area contributed by atoms with E-state index in [-0.39, 0.29) is 10.6 Å². The first-order chi connectivity index (χ1) is 11.6. The molecule has 0 spiro atoms. The van der Waals surface area contributed by atoms with Crippen LogP contribution in [-0.4, -0.2) is 28.4 Å². The molecule has 0 atom stereocenters. The Hall–Kier alpha value is -2.32. The molecule has 0 unspecified atom stereocenters. The van der Waals surface area contributed by atoms with Crippen molar-refractivity contribution in [2.75, 3.05) is 28.0 Å². The first kappa shape index (κ1) is 17.5. The normalized spacial score (nSPS) is 15.2. The second kappa shape index (κ2) is 5.89. The Morgan fingerprint density at radius 1 is 1.12 bits per heavy atom. The number of hydrogen-bond acceptors (Lipinski definition) is 3. The van der Waals surface area contributed by atoms with Gasteiger partial charge in [-0.3, -0.25) is 13.4 Å². The topological polar surface area (TPSA) is 69.7 Å². The Bertz CT molecular complexity index is 994. The molecule has 0 saturated heterocycles. The van der Waals surface area contributed by atoms with E-state index >= 15 is 0 Å². The van der Waals surface area contributed by atoms with Crippen molar-refractivity contribution in [2.45, 2.75) is 6.92 Å². The van der Waals surface area contributed by atoms with Crippen molar-refractivity contribution in [1.29, 1.82) is 0 Å². The van der Waals surface area contributed by atoms with Crippen molar-refractivity contribution in [3.63, 3.8) is 0 Å². The van der Waals surface area contributed by atoms with Crippen LogP contribution in [0.2, 0.25) is 5.02 Å². The first-order valence-electron chi connectivity index (χ1n) is 7.26. The van der Waals surface area contributed by atoms with Crippen molar-refractivity contribution in [1.82, 2.24) is 0 Å². The van der Waals surface area contributed by atoms with Crippen molar-refractivity contribution in [3.05, 3.63) is 52.3 Å². The number of anilines is 3. The highest BCUT2D eigenvalue weighted by molar-refractivity contribution is 7.94. The predicted molar refractivity (Wildman–Crippen MR) is 96.3 cm³/mol. The van der Waals surface area contributed by atoms with Gasteiger partial charge in [-0.2, -0.15) is 8.42 Å². The van der Waals surface area contributed by atoms with Gasteiger partial charge >= 0.3 is 10.2 Å².